The lowest BCUT2D eigenvalue weighted by atomic mass is 9.82. The van der Waals surface area contributed by atoms with Crippen LogP contribution in [-0.2, 0) is 21.4 Å². The maximum absolute atomic E-state index is 11.6. The van der Waals surface area contributed by atoms with Crippen molar-refractivity contribution in [1.82, 2.24) is 10.0 Å². The van der Waals surface area contributed by atoms with Crippen LogP contribution in [-0.4, -0.2) is 46.5 Å². The molecule has 33 heavy (non-hydrogen) atoms. The summed E-state index contributed by atoms with van der Waals surface area (Å²) in [6.45, 7) is 3.05. The van der Waals surface area contributed by atoms with Crippen molar-refractivity contribution < 1.29 is 17.9 Å². The summed E-state index contributed by atoms with van der Waals surface area (Å²) in [7, 11) is -1.40. The first-order chi connectivity index (χ1) is 15.9. The summed E-state index contributed by atoms with van der Waals surface area (Å²) in [5.41, 5.74) is 2.49. The Labute approximate surface area is 199 Å². The van der Waals surface area contributed by atoms with Gasteiger partial charge in [-0.25, -0.2) is 13.1 Å². The molecule has 0 bridgehead atoms. The SMILES string of the molecule is CC[C@H](NS(C)(=O)=O)[C@H](COC1CCC(c2cccc(OCc3ccccc3)c2)CC1)NC. The fourth-order valence-corrected chi connectivity index (χ4v) is 5.41. The second-order valence-electron chi connectivity index (χ2n) is 8.95. The van der Waals surface area contributed by atoms with E-state index in [1.54, 1.807) is 0 Å². The lowest BCUT2D eigenvalue weighted by Crippen LogP contribution is -2.51. The summed E-state index contributed by atoms with van der Waals surface area (Å²) in [4.78, 5) is 0. The molecule has 0 amide bonds. The van der Waals surface area contributed by atoms with Crippen molar-refractivity contribution in [2.75, 3.05) is 19.9 Å². The number of hydrogen-bond acceptors (Lipinski definition) is 5. The fourth-order valence-electron chi connectivity index (χ4n) is 4.53. The van der Waals surface area contributed by atoms with Gasteiger partial charge in [-0.05, 0) is 68.3 Å². The predicted octanol–water partition coefficient (Wildman–Crippen LogP) is 4.22. The average molecular weight is 475 g/mol. The number of benzene rings is 2. The molecule has 0 spiro atoms. The first-order valence-corrected chi connectivity index (χ1v) is 13.8. The van der Waals surface area contributed by atoms with E-state index in [9.17, 15) is 8.42 Å². The molecule has 6 nitrogen and oxygen atoms in total. The molecular weight excluding hydrogens is 436 g/mol. The van der Waals surface area contributed by atoms with Gasteiger partial charge in [0.1, 0.15) is 12.4 Å². The van der Waals surface area contributed by atoms with Crippen LogP contribution in [0.4, 0.5) is 0 Å². The molecule has 2 atom stereocenters. The molecular formula is C26H38N2O4S. The van der Waals surface area contributed by atoms with E-state index in [0.717, 1.165) is 37.0 Å². The van der Waals surface area contributed by atoms with E-state index in [0.29, 0.717) is 25.6 Å². The minimum Gasteiger partial charge on any atom is -0.489 e. The Morgan fingerprint density at radius 2 is 1.73 bits per heavy atom. The molecule has 1 aliphatic rings. The van der Waals surface area contributed by atoms with Crippen molar-refractivity contribution in [3.05, 3.63) is 65.7 Å². The summed E-state index contributed by atoms with van der Waals surface area (Å²) in [6, 6.07) is 18.4. The number of rotatable bonds is 12. The van der Waals surface area contributed by atoms with Crippen LogP contribution in [0.5, 0.6) is 5.75 Å². The summed E-state index contributed by atoms with van der Waals surface area (Å²) < 4.78 is 38.2. The Balaban J connectivity index is 1.47. The third-order valence-electron chi connectivity index (χ3n) is 6.43. The molecule has 2 aromatic carbocycles. The van der Waals surface area contributed by atoms with Crippen molar-refractivity contribution in [3.63, 3.8) is 0 Å². The topological polar surface area (TPSA) is 76.7 Å². The van der Waals surface area contributed by atoms with Crippen LogP contribution in [0.25, 0.3) is 0 Å². The smallest absolute Gasteiger partial charge is 0.209 e. The normalized spacial score (nSPS) is 20.8. The van der Waals surface area contributed by atoms with Gasteiger partial charge in [0.15, 0.2) is 0 Å². The molecule has 1 saturated carbocycles. The molecule has 2 aromatic rings. The van der Waals surface area contributed by atoms with Gasteiger partial charge >= 0.3 is 0 Å². The molecule has 0 aromatic heterocycles. The van der Waals surface area contributed by atoms with Crippen molar-refractivity contribution in [3.8, 4) is 5.75 Å². The average Bonchev–Trinajstić information content (AvgIpc) is 2.83. The first-order valence-electron chi connectivity index (χ1n) is 11.9. The monoisotopic (exact) mass is 474 g/mol. The van der Waals surface area contributed by atoms with E-state index in [-0.39, 0.29) is 18.2 Å². The van der Waals surface area contributed by atoms with Crippen molar-refractivity contribution in [2.45, 2.75) is 69.7 Å². The Hall–Kier alpha value is -1.93. The Kier molecular flexibility index (Phi) is 9.74. The van der Waals surface area contributed by atoms with E-state index < -0.39 is 10.0 Å². The highest BCUT2D eigenvalue weighted by Crippen LogP contribution is 2.35. The van der Waals surface area contributed by atoms with Crippen LogP contribution >= 0.6 is 0 Å². The van der Waals surface area contributed by atoms with Crippen LogP contribution in [0.1, 0.15) is 56.1 Å². The van der Waals surface area contributed by atoms with Gasteiger partial charge < -0.3 is 14.8 Å². The van der Waals surface area contributed by atoms with E-state index >= 15 is 0 Å². The molecule has 0 heterocycles. The van der Waals surface area contributed by atoms with Crippen molar-refractivity contribution in [1.29, 1.82) is 0 Å². The van der Waals surface area contributed by atoms with Crippen molar-refractivity contribution >= 4 is 10.0 Å². The van der Waals surface area contributed by atoms with Crippen LogP contribution in [0.15, 0.2) is 54.6 Å². The van der Waals surface area contributed by atoms with Gasteiger partial charge in [0, 0.05) is 12.1 Å². The van der Waals surface area contributed by atoms with Crippen LogP contribution < -0.4 is 14.8 Å². The third kappa shape index (κ3) is 8.41. The van der Waals surface area contributed by atoms with Gasteiger partial charge in [-0.2, -0.15) is 0 Å². The molecule has 3 rings (SSSR count). The lowest BCUT2D eigenvalue weighted by molar-refractivity contribution is 0.00920. The molecule has 0 aliphatic heterocycles. The van der Waals surface area contributed by atoms with Crippen LogP contribution in [0.2, 0.25) is 0 Å². The first kappa shape index (κ1) is 25.7. The highest BCUT2D eigenvalue weighted by atomic mass is 32.2. The van der Waals surface area contributed by atoms with Gasteiger partial charge in [-0.3, -0.25) is 0 Å². The third-order valence-corrected chi connectivity index (χ3v) is 7.16. The molecule has 1 aliphatic carbocycles. The number of ether oxygens (including phenoxy) is 2. The van der Waals surface area contributed by atoms with E-state index in [4.69, 9.17) is 9.47 Å². The Morgan fingerprint density at radius 1 is 1.00 bits per heavy atom. The summed E-state index contributed by atoms with van der Waals surface area (Å²) >= 11 is 0. The summed E-state index contributed by atoms with van der Waals surface area (Å²) in [6.07, 6.45) is 6.29. The van der Waals surface area contributed by atoms with E-state index in [1.807, 2.05) is 38.2 Å². The predicted molar refractivity (Wildman–Crippen MR) is 133 cm³/mol. The summed E-state index contributed by atoms with van der Waals surface area (Å²) in [5.74, 6) is 1.43. The quantitative estimate of drug-likeness (QED) is 0.482. The highest BCUT2D eigenvalue weighted by molar-refractivity contribution is 7.88. The molecule has 2 N–H and O–H groups in total. The van der Waals surface area contributed by atoms with Gasteiger partial charge in [-0.1, -0.05) is 49.4 Å². The lowest BCUT2D eigenvalue weighted by Gasteiger charge is -2.32. The van der Waals surface area contributed by atoms with E-state index in [1.165, 1.54) is 11.8 Å². The molecule has 0 unspecified atom stereocenters. The highest BCUT2D eigenvalue weighted by Gasteiger charge is 2.26. The van der Waals surface area contributed by atoms with Crippen LogP contribution in [0.3, 0.4) is 0 Å². The largest absolute Gasteiger partial charge is 0.489 e. The minimum absolute atomic E-state index is 0.0547. The van der Waals surface area contributed by atoms with Gasteiger partial charge in [-0.15, -0.1) is 0 Å². The number of likely N-dealkylation sites (N-methyl/N-ethyl adjacent to an activating group) is 1. The zero-order valence-corrected chi connectivity index (χ0v) is 20.8. The Morgan fingerprint density at radius 3 is 2.36 bits per heavy atom. The minimum atomic E-state index is -3.25. The zero-order chi connectivity index (χ0) is 23.7. The van der Waals surface area contributed by atoms with Crippen molar-refractivity contribution in [2.24, 2.45) is 0 Å². The second kappa shape index (κ2) is 12.5. The zero-order valence-electron chi connectivity index (χ0n) is 20.0. The standard InChI is InChI=1S/C26H38N2O4S/c1-4-25(28-33(3,29)30)26(27-2)19-32-23-15-13-21(14-16-23)22-11-8-12-24(17-22)31-18-20-9-6-5-7-10-20/h5-12,17,21,23,25-28H,4,13-16,18-19H2,1-3H3/t21?,23?,25-,26-/m0/s1. The summed E-state index contributed by atoms with van der Waals surface area (Å²) in [5, 5.41) is 3.21. The molecule has 0 radical (unpaired) electrons. The number of hydrogen-bond donors (Lipinski definition) is 2. The Bertz CT molecular complexity index is 944. The van der Waals surface area contributed by atoms with Gasteiger partial charge in [0.2, 0.25) is 10.0 Å². The molecule has 0 saturated heterocycles. The van der Waals surface area contributed by atoms with E-state index in [2.05, 4.69) is 40.4 Å². The maximum atomic E-state index is 11.6. The molecule has 7 heteroatoms. The number of sulfonamides is 1. The second-order valence-corrected chi connectivity index (χ2v) is 10.7. The number of nitrogens with one attached hydrogen (secondary N) is 2. The molecule has 182 valence electrons. The fraction of sp³-hybridized carbons (Fsp3) is 0.538. The van der Waals surface area contributed by atoms with Gasteiger partial charge in [0.05, 0.1) is 19.0 Å². The molecule has 1 fully saturated rings. The maximum Gasteiger partial charge on any atom is 0.209 e. The van der Waals surface area contributed by atoms with Crippen LogP contribution in [0, 0.1) is 0 Å². The van der Waals surface area contributed by atoms with Gasteiger partial charge in [0.25, 0.3) is 0 Å².